The van der Waals surface area contributed by atoms with Crippen LogP contribution in [-0.2, 0) is 4.79 Å². The van der Waals surface area contributed by atoms with Crippen LogP contribution in [0.4, 0.5) is 0 Å². The van der Waals surface area contributed by atoms with E-state index < -0.39 is 12.1 Å². The zero-order chi connectivity index (χ0) is 47.7. The lowest BCUT2D eigenvalue weighted by atomic mass is 10.1. The number of aliphatic hydroxyl groups excluding tert-OH is 2. The maximum absolute atomic E-state index is 12.5. The first-order chi connectivity index (χ1) is 32.7. The average Bonchev–Trinajstić information content (AvgIpc) is 3.32. The molecule has 0 heterocycles. The van der Waals surface area contributed by atoms with Gasteiger partial charge in [-0.1, -0.05) is 243 Å². The number of unbranched alkanes of at least 4 members (excludes halogenated alkanes) is 18. The number of allylic oxidation sites excluding steroid dienone is 23. The molecule has 66 heavy (non-hydrogen) atoms. The molecule has 0 saturated carbocycles. The van der Waals surface area contributed by atoms with Gasteiger partial charge in [-0.3, -0.25) is 4.79 Å². The molecular formula is C62H101NO3. The van der Waals surface area contributed by atoms with Gasteiger partial charge in [0.1, 0.15) is 0 Å². The van der Waals surface area contributed by atoms with E-state index in [-0.39, 0.29) is 12.5 Å². The minimum atomic E-state index is -0.890. The lowest BCUT2D eigenvalue weighted by Crippen LogP contribution is -2.45. The second-order valence-electron chi connectivity index (χ2n) is 17.5. The van der Waals surface area contributed by atoms with Crippen LogP contribution < -0.4 is 5.32 Å². The van der Waals surface area contributed by atoms with E-state index in [1.54, 1.807) is 6.08 Å². The highest BCUT2D eigenvalue weighted by Crippen LogP contribution is 2.13. The topological polar surface area (TPSA) is 69.6 Å². The molecule has 0 aromatic carbocycles. The van der Waals surface area contributed by atoms with Gasteiger partial charge in [0.25, 0.3) is 0 Å². The van der Waals surface area contributed by atoms with Crippen LogP contribution in [0.2, 0.25) is 0 Å². The van der Waals surface area contributed by atoms with Crippen LogP contribution in [0.15, 0.2) is 146 Å². The number of rotatable bonds is 47. The number of aliphatic hydroxyl groups is 2. The quantitative estimate of drug-likeness (QED) is 0.0421. The third kappa shape index (κ3) is 51.3. The van der Waals surface area contributed by atoms with E-state index in [1.165, 1.54) is 83.5 Å². The Morgan fingerprint density at radius 3 is 1.06 bits per heavy atom. The summed E-state index contributed by atoms with van der Waals surface area (Å²) >= 11 is 0. The minimum Gasteiger partial charge on any atom is -0.394 e. The van der Waals surface area contributed by atoms with Gasteiger partial charge in [0.2, 0.25) is 5.91 Å². The molecule has 0 fully saturated rings. The highest BCUT2D eigenvalue weighted by Gasteiger charge is 2.17. The van der Waals surface area contributed by atoms with Crippen molar-refractivity contribution in [3.63, 3.8) is 0 Å². The maximum Gasteiger partial charge on any atom is 0.220 e. The largest absolute Gasteiger partial charge is 0.394 e. The first-order valence-electron chi connectivity index (χ1n) is 27.0. The van der Waals surface area contributed by atoms with E-state index in [0.717, 1.165) is 116 Å². The van der Waals surface area contributed by atoms with Crippen molar-refractivity contribution in [2.45, 2.75) is 231 Å². The van der Waals surface area contributed by atoms with E-state index >= 15 is 0 Å². The van der Waals surface area contributed by atoms with E-state index in [0.29, 0.717) is 6.42 Å². The summed E-state index contributed by atoms with van der Waals surface area (Å²) < 4.78 is 0. The van der Waals surface area contributed by atoms with Gasteiger partial charge in [-0.15, -0.1) is 0 Å². The molecule has 0 rings (SSSR count). The predicted octanol–water partition coefficient (Wildman–Crippen LogP) is 18.0. The molecule has 0 spiro atoms. The maximum atomic E-state index is 12.5. The molecule has 0 aliphatic carbocycles. The van der Waals surface area contributed by atoms with Crippen LogP contribution >= 0.6 is 0 Å². The Balaban J connectivity index is 3.73. The molecule has 372 valence electrons. The fourth-order valence-corrected chi connectivity index (χ4v) is 7.20. The molecule has 2 atom stereocenters. The highest BCUT2D eigenvalue weighted by atomic mass is 16.3. The van der Waals surface area contributed by atoms with Crippen molar-refractivity contribution in [1.29, 1.82) is 0 Å². The summed E-state index contributed by atoms with van der Waals surface area (Å²) in [4.78, 5) is 12.5. The first-order valence-corrected chi connectivity index (χ1v) is 27.0. The van der Waals surface area contributed by atoms with Crippen LogP contribution in [0.25, 0.3) is 0 Å². The highest BCUT2D eigenvalue weighted by molar-refractivity contribution is 5.76. The number of carbonyl (C=O) groups is 1. The van der Waals surface area contributed by atoms with Gasteiger partial charge in [0.15, 0.2) is 0 Å². The molecular weight excluding hydrogens is 807 g/mol. The summed E-state index contributed by atoms with van der Waals surface area (Å²) in [6, 6.07) is -0.668. The molecule has 0 aliphatic rings. The molecule has 4 heteroatoms. The Bertz CT molecular complexity index is 1400. The second kappa shape index (κ2) is 55.6. The average molecular weight is 908 g/mol. The summed E-state index contributed by atoms with van der Waals surface area (Å²) in [5, 5.41) is 23.1. The molecule has 1 amide bonds. The van der Waals surface area contributed by atoms with E-state index in [2.05, 4.69) is 153 Å². The van der Waals surface area contributed by atoms with Crippen LogP contribution in [0.1, 0.15) is 219 Å². The van der Waals surface area contributed by atoms with Crippen molar-refractivity contribution < 1.29 is 15.0 Å². The van der Waals surface area contributed by atoms with Crippen LogP contribution in [0.5, 0.6) is 0 Å². The van der Waals surface area contributed by atoms with Crippen LogP contribution in [-0.4, -0.2) is 34.9 Å². The molecule has 0 aromatic rings. The molecule has 0 saturated heterocycles. The van der Waals surface area contributed by atoms with E-state index in [4.69, 9.17) is 0 Å². The lowest BCUT2D eigenvalue weighted by molar-refractivity contribution is -0.123. The zero-order valence-corrected chi connectivity index (χ0v) is 42.6. The third-order valence-electron chi connectivity index (χ3n) is 11.3. The fraction of sp³-hybridized carbons (Fsp3) is 0.597. The van der Waals surface area contributed by atoms with Crippen LogP contribution in [0, 0.1) is 0 Å². The Hall–Kier alpha value is -3.73. The van der Waals surface area contributed by atoms with Gasteiger partial charge in [-0.25, -0.2) is 0 Å². The van der Waals surface area contributed by atoms with Gasteiger partial charge in [0.05, 0.1) is 18.8 Å². The molecule has 3 N–H and O–H groups in total. The number of carbonyl (C=O) groups excluding carboxylic acids is 1. The normalized spacial score (nSPS) is 14.1. The molecule has 0 aliphatic heterocycles. The molecule has 4 nitrogen and oxygen atoms in total. The number of amides is 1. The molecule has 0 bridgehead atoms. The second-order valence-corrected chi connectivity index (χ2v) is 17.5. The SMILES string of the molecule is CC/C=C\C/C=C\C/C=C\C/C=C\C/C=C\C/C=C\C/C=C\C/C=C\C/C=C\CCCCCCCC(=O)NC(CO)C(O)/C=C/CC/C=C/CC/C=C/CCCCCCCCCCCCC. The van der Waals surface area contributed by atoms with Gasteiger partial charge in [0, 0.05) is 6.42 Å². The summed E-state index contributed by atoms with van der Waals surface area (Å²) in [6.45, 7) is 4.16. The Morgan fingerprint density at radius 2 is 0.682 bits per heavy atom. The van der Waals surface area contributed by atoms with Gasteiger partial charge in [-0.05, 0) is 116 Å². The van der Waals surface area contributed by atoms with Crippen molar-refractivity contribution in [3.8, 4) is 0 Å². The molecule has 0 radical (unpaired) electrons. The number of hydrogen-bond donors (Lipinski definition) is 3. The van der Waals surface area contributed by atoms with Gasteiger partial charge >= 0.3 is 0 Å². The number of hydrogen-bond acceptors (Lipinski definition) is 3. The Kier molecular flexibility index (Phi) is 52.5. The van der Waals surface area contributed by atoms with Crippen molar-refractivity contribution >= 4 is 5.91 Å². The summed E-state index contributed by atoms with van der Waals surface area (Å²) in [5.41, 5.74) is 0. The molecule has 0 aromatic heterocycles. The predicted molar refractivity (Wildman–Crippen MR) is 294 cm³/mol. The minimum absolute atomic E-state index is 0.103. The third-order valence-corrected chi connectivity index (χ3v) is 11.3. The number of nitrogens with one attached hydrogen (secondary N) is 1. The summed E-state index contributed by atoms with van der Waals surface area (Å²) in [7, 11) is 0. The van der Waals surface area contributed by atoms with Crippen molar-refractivity contribution in [1.82, 2.24) is 5.32 Å². The van der Waals surface area contributed by atoms with E-state index in [1.807, 2.05) is 6.08 Å². The lowest BCUT2D eigenvalue weighted by Gasteiger charge is -2.19. The summed E-state index contributed by atoms with van der Waals surface area (Å²) in [6.07, 6.45) is 88.4. The first kappa shape index (κ1) is 62.3. The monoisotopic (exact) mass is 908 g/mol. The molecule has 2 unspecified atom stereocenters. The fourth-order valence-electron chi connectivity index (χ4n) is 7.20. The Labute approximate surface area is 408 Å². The van der Waals surface area contributed by atoms with Gasteiger partial charge in [-0.2, -0.15) is 0 Å². The van der Waals surface area contributed by atoms with Crippen molar-refractivity contribution in [2.24, 2.45) is 0 Å². The van der Waals surface area contributed by atoms with Gasteiger partial charge < -0.3 is 15.5 Å². The summed E-state index contributed by atoms with van der Waals surface area (Å²) in [5.74, 6) is -0.103. The standard InChI is InChI=1S/C62H101NO3/c1-3-5-7-9-11-13-15-17-19-21-23-25-26-27-28-29-30-31-32-33-34-35-36-38-40-42-44-46-48-50-52-54-56-58-62(66)63-60(59-64)61(65)57-55-53-51-49-47-45-43-41-39-37-24-22-20-18-16-14-12-10-8-6-4-2/h5,7,11,13,17,19,23,25,27-28,30-31,33-34,36,38-39,41-42,44,47,49,55,57,60-61,64-65H,3-4,6,8-10,12,14-16,18,20-22,24,26,29,32,35,37,40,43,45-46,48,50-54,56,58-59H2,1-2H3,(H,63,66)/b7-5-,13-11-,19-17-,25-23-,28-27-,31-30-,34-33-,38-36-,41-39+,44-42-,49-47+,57-55+. The van der Waals surface area contributed by atoms with Crippen molar-refractivity contribution in [2.75, 3.05) is 6.61 Å². The van der Waals surface area contributed by atoms with Crippen LogP contribution in [0.3, 0.4) is 0 Å². The van der Waals surface area contributed by atoms with Crippen molar-refractivity contribution in [3.05, 3.63) is 146 Å². The Morgan fingerprint density at radius 1 is 0.379 bits per heavy atom. The van der Waals surface area contributed by atoms with E-state index in [9.17, 15) is 15.0 Å². The zero-order valence-electron chi connectivity index (χ0n) is 42.6. The smallest absolute Gasteiger partial charge is 0.220 e.